The molecule has 9 heteroatoms. The number of carbonyl (C=O) groups excluding carboxylic acids is 1. The smallest absolute Gasteiger partial charge is 0.433 e. The number of para-hydroxylation sites is 1. The van der Waals surface area contributed by atoms with E-state index in [1.807, 2.05) is 18.2 Å². The van der Waals surface area contributed by atoms with Gasteiger partial charge in [0.25, 0.3) is 5.91 Å². The van der Waals surface area contributed by atoms with Crippen molar-refractivity contribution in [1.29, 1.82) is 0 Å². The van der Waals surface area contributed by atoms with E-state index in [0.29, 0.717) is 47.4 Å². The molecule has 2 aromatic carbocycles. The molecule has 1 fully saturated rings. The number of hydrogen-bond acceptors (Lipinski definition) is 3. The van der Waals surface area contributed by atoms with Crippen LogP contribution in [0.3, 0.4) is 0 Å². The van der Waals surface area contributed by atoms with E-state index in [1.165, 1.54) is 12.1 Å². The first kappa shape index (κ1) is 23.4. The van der Waals surface area contributed by atoms with Crippen molar-refractivity contribution in [3.8, 4) is 0 Å². The number of hydrogen-bond donors (Lipinski definition) is 1. The van der Waals surface area contributed by atoms with Crippen molar-refractivity contribution in [3.05, 3.63) is 71.1 Å². The molecule has 0 saturated heterocycles. The lowest BCUT2D eigenvalue weighted by molar-refractivity contribution is -0.480. The van der Waals surface area contributed by atoms with Crippen molar-refractivity contribution in [2.24, 2.45) is 0 Å². The number of alkyl halides is 3. The molecule has 2 heterocycles. The predicted octanol–water partition coefficient (Wildman–Crippen LogP) is 6.74. The first-order chi connectivity index (χ1) is 16.7. The molecule has 1 aliphatic rings. The van der Waals surface area contributed by atoms with Crippen LogP contribution in [0.2, 0.25) is 5.02 Å². The van der Waals surface area contributed by atoms with Crippen LogP contribution in [-0.4, -0.2) is 34.3 Å². The monoisotopic (exact) mass is 500 g/mol. The zero-order valence-electron chi connectivity index (χ0n) is 18.6. The molecule has 1 N–H and O–H groups in total. The van der Waals surface area contributed by atoms with Gasteiger partial charge in [-0.2, -0.15) is 13.2 Å². The van der Waals surface area contributed by atoms with Crippen LogP contribution in [0.5, 0.6) is 0 Å². The number of pyridine rings is 1. The Hall–Kier alpha value is -3.39. The van der Waals surface area contributed by atoms with E-state index in [1.54, 1.807) is 22.8 Å². The molecule has 4 aromatic rings. The quantitative estimate of drug-likeness (QED) is 0.249. The number of nitrogens with zero attached hydrogens (tertiary/aromatic N) is 2. The summed E-state index contributed by atoms with van der Waals surface area (Å²) in [7, 11) is 0. The molecule has 0 bridgehead atoms. The second-order valence-electron chi connectivity index (χ2n) is 8.78. The Labute approximate surface area is 204 Å². The molecular weight excluding hydrogens is 479 g/mol. The summed E-state index contributed by atoms with van der Waals surface area (Å²) in [5.41, 5.74) is 0.221. The van der Waals surface area contributed by atoms with Gasteiger partial charge >= 0.3 is 6.18 Å². The standard InChI is InChI=1S/C26H21ClF3N3O2/c1-33(21-14-24(26(28,29)30)32-20-11-6-16(27)13-19(20)21)18-9-7-17(8-10-18)31-25(34)23-12-15-4-2-3-5-22(15)35-23/h2-6,11-14,17-18H,1,7-10H2/p+1. The molecule has 5 rings (SSSR count). The summed E-state index contributed by atoms with van der Waals surface area (Å²) < 4.78 is 47.7. The molecule has 0 unspecified atom stereocenters. The molecule has 0 spiro atoms. The highest BCUT2D eigenvalue weighted by atomic mass is 35.5. The Morgan fingerprint density at radius 1 is 1.09 bits per heavy atom. The summed E-state index contributed by atoms with van der Waals surface area (Å²) in [5.74, 6) is -0.0207. The average molecular weight is 501 g/mol. The van der Waals surface area contributed by atoms with E-state index in [9.17, 15) is 18.0 Å². The molecule has 180 valence electrons. The van der Waals surface area contributed by atoms with Crippen molar-refractivity contribution in [2.45, 2.75) is 43.9 Å². The van der Waals surface area contributed by atoms with Crippen LogP contribution in [0.15, 0.2) is 59.0 Å². The number of furan rings is 1. The second-order valence-corrected chi connectivity index (χ2v) is 9.22. The Kier molecular flexibility index (Phi) is 6.01. The molecular formula is C26H22ClF3N3O2+. The Morgan fingerprint density at radius 3 is 2.54 bits per heavy atom. The van der Waals surface area contributed by atoms with Crippen molar-refractivity contribution in [2.75, 3.05) is 0 Å². The van der Waals surface area contributed by atoms with E-state index in [2.05, 4.69) is 17.0 Å². The molecule has 1 saturated carbocycles. The Morgan fingerprint density at radius 2 is 1.83 bits per heavy atom. The van der Waals surface area contributed by atoms with Gasteiger partial charge in [0.05, 0.1) is 10.9 Å². The van der Waals surface area contributed by atoms with Crippen molar-refractivity contribution < 1.29 is 27.0 Å². The van der Waals surface area contributed by atoms with Crippen LogP contribution in [-0.2, 0) is 6.18 Å². The number of carbonyl (C=O) groups is 1. The fourth-order valence-electron chi connectivity index (χ4n) is 4.64. The fourth-order valence-corrected chi connectivity index (χ4v) is 4.81. The molecule has 0 radical (unpaired) electrons. The minimum Gasteiger partial charge on any atom is -0.451 e. The van der Waals surface area contributed by atoms with Gasteiger partial charge in [-0.25, -0.2) is 9.56 Å². The molecule has 5 nitrogen and oxygen atoms in total. The number of aromatic nitrogens is 1. The zero-order chi connectivity index (χ0) is 24.7. The van der Waals surface area contributed by atoms with Gasteiger partial charge in [-0.3, -0.25) is 4.79 Å². The third-order valence-corrected chi connectivity index (χ3v) is 6.71. The second kappa shape index (κ2) is 9.00. The summed E-state index contributed by atoms with van der Waals surface area (Å²) in [5, 5.41) is 4.79. The van der Waals surface area contributed by atoms with E-state index >= 15 is 0 Å². The lowest BCUT2D eigenvalue weighted by atomic mass is 9.90. The Bertz CT molecular complexity index is 1410. The summed E-state index contributed by atoms with van der Waals surface area (Å²) >= 11 is 6.12. The summed E-state index contributed by atoms with van der Waals surface area (Å²) in [6, 6.07) is 14.6. The lowest BCUT2D eigenvalue weighted by Gasteiger charge is -2.27. The number of amides is 1. The average Bonchev–Trinajstić information content (AvgIpc) is 3.27. The summed E-state index contributed by atoms with van der Waals surface area (Å²) in [6.45, 7) is 4.09. The number of rotatable bonds is 4. The van der Waals surface area contributed by atoms with Gasteiger partial charge in [0.2, 0.25) is 5.69 Å². The number of benzene rings is 2. The third-order valence-electron chi connectivity index (χ3n) is 6.47. The van der Waals surface area contributed by atoms with Gasteiger partial charge in [-0.1, -0.05) is 29.8 Å². The van der Waals surface area contributed by atoms with Crippen LogP contribution < -0.4 is 5.32 Å². The van der Waals surface area contributed by atoms with Crippen LogP contribution in [0.4, 0.5) is 18.9 Å². The molecule has 0 atom stereocenters. The first-order valence-corrected chi connectivity index (χ1v) is 11.6. The number of fused-ring (bicyclic) bond motifs is 2. The highest BCUT2D eigenvalue weighted by Gasteiger charge is 2.37. The topological polar surface area (TPSA) is 58.1 Å². The maximum atomic E-state index is 13.5. The van der Waals surface area contributed by atoms with E-state index in [4.69, 9.17) is 16.0 Å². The lowest BCUT2D eigenvalue weighted by Crippen LogP contribution is -2.40. The summed E-state index contributed by atoms with van der Waals surface area (Å²) in [6.07, 6.45) is -1.94. The third kappa shape index (κ3) is 4.75. The van der Waals surface area contributed by atoms with Gasteiger partial charge in [0, 0.05) is 35.4 Å². The Balaban J connectivity index is 1.31. The normalized spacial score (nSPS) is 18.6. The highest BCUT2D eigenvalue weighted by molar-refractivity contribution is 6.31. The predicted molar refractivity (Wildman–Crippen MR) is 129 cm³/mol. The van der Waals surface area contributed by atoms with Crippen molar-refractivity contribution in [3.63, 3.8) is 0 Å². The van der Waals surface area contributed by atoms with Crippen LogP contribution in [0, 0.1) is 0 Å². The van der Waals surface area contributed by atoms with E-state index < -0.39 is 11.9 Å². The van der Waals surface area contributed by atoms with Crippen molar-refractivity contribution in [1.82, 2.24) is 10.3 Å². The molecule has 1 aliphatic carbocycles. The summed E-state index contributed by atoms with van der Waals surface area (Å²) in [4.78, 5) is 16.4. The van der Waals surface area contributed by atoms with Gasteiger partial charge < -0.3 is 9.73 Å². The molecule has 0 aliphatic heterocycles. The minimum atomic E-state index is -4.58. The SMILES string of the molecule is C=[N+](c1cc(C(F)(F)F)nc2ccc(Cl)cc12)C1CCC(NC(=O)c2cc3ccccc3o2)CC1. The van der Waals surface area contributed by atoms with Crippen LogP contribution in [0.1, 0.15) is 41.9 Å². The minimum absolute atomic E-state index is 0.0604. The van der Waals surface area contributed by atoms with Crippen LogP contribution >= 0.6 is 11.6 Å². The first-order valence-electron chi connectivity index (χ1n) is 11.3. The largest absolute Gasteiger partial charge is 0.451 e. The highest BCUT2D eigenvalue weighted by Crippen LogP contribution is 2.37. The van der Waals surface area contributed by atoms with Gasteiger partial charge in [0.1, 0.15) is 12.3 Å². The van der Waals surface area contributed by atoms with E-state index in [-0.39, 0.29) is 29.3 Å². The zero-order valence-corrected chi connectivity index (χ0v) is 19.4. The van der Waals surface area contributed by atoms with Gasteiger partial charge in [-0.15, -0.1) is 0 Å². The molecule has 1 amide bonds. The maximum absolute atomic E-state index is 13.5. The maximum Gasteiger partial charge on any atom is 0.433 e. The fraction of sp³-hybridized carbons (Fsp3) is 0.269. The van der Waals surface area contributed by atoms with Crippen molar-refractivity contribution >= 4 is 51.8 Å². The van der Waals surface area contributed by atoms with Gasteiger partial charge in [0.15, 0.2) is 17.5 Å². The molecule has 35 heavy (non-hydrogen) atoms. The van der Waals surface area contributed by atoms with Crippen LogP contribution in [0.25, 0.3) is 21.9 Å². The van der Waals surface area contributed by atoms with E-state index in [0.717, 1.165) is 11.5 Å². The number of nitrogens with one attached hydrogen (secondary N) is 1. The molecule has 2 aromatic heterocycles. The van der Waals surface area contributed by atoms with Gasteiger partial charge in [-0.05, 0) is 43.2 Å². The number of halogens is 4.